The van der Waals surface area contributed by atoms with Crippen molar-refractivity contribution in [3.05, 3.63) is 57.8 Å². The highest BCUT2D eigenvalue weighted by atomic mass is 32.1. The van der Waals surface area contributed by atoms with Gasteiger partial charge < -0.3 is 48.5 Å². The average Bonchev–Trinajstić information content (AvgIpc) is 3.81. The molecule has 3 aliphatic rings. The van der Waals surface area contributed by atoms with E-state index in [1.54, 1.807) is 9.80 Å². The normalized spacial score (nSPS) is 21.5. The minimum absolute atomic E-state index is 0.0634. The first-order valence-electron chi connectivity index (χ1n) is 18.6. The van der Waals surface area contributed by atoms with Crippen LogP contribution in [0.15, 0.2) is 51.8 Å². The van der Waals surface area contributed by atoms with Crippen LogP contribution in [0.2, 0.25) is 0 Å². The van der Waals surface area contributed by atoms with Crippen molar-refractivity contribution < 1.29 is 29.1 Å². The predicted octanol–water partition coefficient (Wildman–Crippen LogP) is 0.565. The van der Waals surface area contributed by atoms with E-state index in [2.05, 4.69) is 20.6 Å². The van der Waals surface area contributed by atoms with Crippen LogP contribution in [-0.2, 0) is 43.4 Å². The Bertz CT molecular complexity index is 1710. The van der Waals surface area contributed by atoms with E-state index in [9.17, 15) is 24.3 Å². The molecular formula is C37H52N10O6S. The fourth-order valence-electron chi connectivity index (χ4n) is 7.93. The molecule has 0 spiro atoms. The summed E-state index contributed by atoms with van der Waals surface area (Å²) in [5, 5.41) is 17.5. The van der Waals surface area contributed by atoms with Gasteiger partial charge in [-0.1, -0.05) is 43.2 Å². The van der Waals surface area contributed by atoms with Gasteiger partial charge >= 0.3 is 5.97 Å². The molecule has 54 heavy (non-hydrogen) atoms. The van der Waals surface area contributed by atoms with Crippen LogP contribution in [0.25, 0.3) is 0 Å². The first kappa shape index (κ1) is 40.0. The predicted molar refractivity (Wildman–Crippen MR) is 205 cm³/mol. The Kier molecular flexibility index (Phi) is 13.9. The Morgan fingerprint density at radius 1 is 0.870 bits per heavy atom. The molecule has 11 N–H and O–H groups in total. The molecule has 1 aromatic heterocycles. The van der Waals surface area contributed by atoms with E-state index in [1.807, 2.05) is 41.8 Å². The summed E-state index contributed by atoms with van der Waals surface area (Å²) in [6.45, 7) is 0.609. The molecule has 6 atom stereocenters. The molecule has 3 heterocycles. The summed E-state index contributed by atoms with van der Waals surface area (Å²) in [5.41, 5.74) is 23.5. The second kappa shape index (κ2) is 18.7. The topological polar surface area (TPSA) is 265 Å². The molecule has 0 unspecified atom stereocenters. The number of guanidine groups is 2. The van der Waals surface area contributed by atoms with Gasteiger partial charge in [-0.15, -0.1) is 11.3 Å². The Morgan fingerprint density at radius 2 is 1.57 bits per heavy atom. The molecule has 16 nitrogen and oxygen atoms in total. The van der Waals surface area contributed by atoms with E-state index in [0.29, 0.717) is 25.7 Å². The molecule has 0 radical (unpaired) electrons. The lowest BCUT2D eigenvalue weighted by atomic mass is 9.84. The van der Waals surface area contributed by atoms with Crippen LogP contribution >= 0.6 is 11.3 Å². The number of fused-ring (bicyclic) bond motifs is 2. The standard InChI is InChI=1S/C37H52N10O6S/c38-36(39)42-15-5-12-26(35(52)53)45-32(49)29-19-23-9-3-4-13-28(23)47(29)34(51)30-18-22-8-1-2-10-24(22)21-46(30)33(50)27(20-25-11-7-17-54-25)44-31(48)14-6-16-43-37(40)41/h1-2,7-8,10-11,17,23,26-30H,3-6,9,12-16,18-21H2,(H,44,48)(H,45,49)(H,52,53)(H4,38,39,42)(H4,40,41,43)/t23-,26-,27-,28-,29-,30+/m0/s1. The summed E-state index contributed by atoms with van der Waals surface area (Å²) in [7, 11) is 0. The number of nitrogens with zero attached hydrogens (tertiary/aromatic N) is 4. The quantitative estimate of drug-likeness (QED) is 0.0710. The van der Waals surface area contributed by atoms with Crippen molar-refractivity contribution in [2.75, 3.05) is 13.1 Å². The lowest BCUT2D eigenvalue weighted by Gasteiger charge is -2.42. The number of carbonyl (C=O) groups excluding carboxylic acids is 4. The summed E-state index contributed by atoms with van der Waals surface area (Å²) >= 11 is 1.47. The fraction of sp³-hybridized carbons (Fsp3) is 0.541. The number of carboxylic acid groups (broad SMARTS) is 1. The van der Waals surface area contributed by atoms with Gasteiger partial charge in [0.2, 0.25) is 23.6 Å². The molecule has 1 saturated heterocycles. The van der Waals surface area contributed by atoms with Crippen molar-refractivity contribution in [2.24, 2.45) is 38.8 Å². The summed E-state index contributed by atoms with van der Waals surface area (Å²) in [5.74, 6) is -2.95. The average molecular weight is 765 g/mol. The fourth-order valence-corrected chi connectivity index (χ4v) is 8.68. The van der Waals surface area contributed by atoms with E-state index >= 15 is 4.79 Å². The first-order valence-corrected chi connectivity index (χ1v) is 19.5. The molecule has 1 saturated carbocycles. The molecule has 292 valence electrons. The molecule has 0 bridgehead atoms. The van der Waals surface area contributed by atoms with E-state index in [1.165, 1.54) is 11.3 Å². The number of amides is 4. The molecule has 1 aliphatic carbocycles. The number of nitrogens with two attached hydrogens (primary N) is 4. The van der Waals surface area contributed by atoms with Gasteiger partial charge in [0.15, 0.2) is 11.9 Å². The number of thiophene rings is 1. The number of hydrogen-bond acceptors (Lipinski definition) is 8. The zero-order valence-electron chi connectivity index (χ0n) is 30.4. The van der Waals surface area contributed by atoms with Crippen LogP contribution in [-0.4, -0.2) is 99.7 Å². The number of nitrogens with one attached hydrogen (secondary N) is 2. The van der Waals surface area contributed by atoms with Gasteiger partial charge in [0.05, 0.1) is 0 Å². The number of aliphatic imine (C=N–C) groups is 2. The second-order valence-electron chi connectivity index (χ2n) is 14.2. The summed E-state index contributed by atoms with van der Waals surface area (Å²) in [4.78, 5) is 81.1. The monoisotopic (exact) mass is 764 g/mol. The van der Waals surface area contributed by atoms with E-state index in [-0.39, 0.29) is 81.0 Å². The van der Waals surface area contributed by atoms with Crippen molar-refractivity contribution in [3.8, 4) is 0 Å². The smallest absolute Gasteiger partial charge is 0.326 e. The van der Waals surface area contributed by atoms with Crippen LogP contribution in [0.1, 0.15) is 73.8 Å². The number of carboxylic acids is 1. The van der Waals surface area contributed by atoms with Crippen LogP contribution in [0.5, 0.6) is 0 Å². The highest BCUT2D eigenvalue weighted by molar-refractivity contribution is 7.09. The minimum atomic E-state index is -1.20. The van der Waals surface area contributed by atoms with Crippen LogP contribution in [0, 0.1) is 5.92 Å². The Hall–Kier alpha value is -5.19. The third-order valence-corrected chi connectivity index (χ3v) is 11.4. The van der Waals surface area contributed by atoms with E-state index in [4.69, 9.17) is 22.9 Å². The molecule has 2 aliphatic heterocycles. The number of rotatable bonds is 16. The van der Waals surface area contributed by atoms with Gasteiger partial charge in [0, 0.05) is 49.8 Å². The molecule has 2 aromatic rings. The summed E-state index contributed by atoms with van der Waals surface area (Å²) < 4.78 is 0. The lowest BCUT2D eigenvalue weighted by molar-refractivity contribution is -0.153. The van der Waals surface area contributed by atoms with Crippen LogP contribution in [0.4, 0.5) is 0 Å². The van der Waals surface area contributed by atoms with E-state index in [0.717, 1.165) is 35.3 Å². The number of hydrogen-bond donors (Lipinski definition) is 7. The summed E-state index contributed by atoms with van der Waals surface area (Å²) in [6.07, 6.45) is 5.15. The lowest BCUT2D eigenvalue weighted by Crippen LogP contribution is -2.61. The highest BCUT2D eigenvalue weighted by Crippen LogP contribution is 2.41. The summed E-state index contributed by atoms with van der Waals surface area (Å²) in [6, 6.07) is 7.15. The van der Waals surface area contributed by atoms with Crippen molar-refractivity contribution in [2.45, 2.75) is 107 Å². The number of benzene rings is 1. The number of aliphatic carboxylic acids is 1. The van der Waals surface area contributed by atoms with Gasteiger partial charge in [0.1, 0.15) is 24.2 Å². The maximum atomic E-state index is 15.1. The third-order valence-electron chi connectivity index (χ3n) is 10.5. The molecular weight excluding hydrogens is 713 g/mol. The zero-order valence-corrected chi connectivity index (χ0v) is 31.2. The Balaban J connectivity index is 1.42. The molecule has 2 fully saturated rings. The van der Waals surface area contributed by atoms with Crippen molar-refractivity contribution in [3.63, 3.8) is 0 Å². The van der Waals surface area contributed by atoms with Gasteiger partial charge in [-0.25, -0.2) is 4.79 Å². The molecule has 4 amide bonds. The maximum Gasteiger partial charge on any atom is 0.326 e. The molecule has 5 rings (SSSR count). The SMILES string of the molecule is NC(N)=NCCCC(=O)N[C@@H](Cc1cccs1)C(=O)N1Cc2ccccc2C[C@@H]1C(=O)N1[C@H](C(=O)N[C@@H](CCCN=C(N)N)C(=O)O)C[C@@H]2CCCC[C@@H]21. The first-order chi connectivity index (χ1) is 25.9. The van der Waals surface area contributed by atoms with Gasteiger partial charge in [0.25, 0.3) is 0 Å². The zero-order chi connectivity index (χ0) is 38.8. The third kappa shape index (κ3) is 10.3. The van der Waals surface area contributed by atoms with Crippen molar-refractivity contribution in [1.82, 2.24) is 20.4 Å². The highest BCUT2D eigenvalue weighted by Gasteiger charge is 2.51. The van der Waals surface area contributed by atoms with Crippen molar-refractivity contribution in [1.29, 1.82) is 0 Å². The number of likely N-dealkylation sites (tertiary alicyclic amines) is 1. The molecule has 1 aromatic carbocycles. The molecule has 17 heteroatoms. The van der Waals surface area contributed by atoms with Crippen molar-refractivity contribution >= 4 is 52.9 Å². The minimum Gasteiger partial charge on any atom is -0.480 e. The Morgan fingerprint density at radius 3 is 2.26 bits per heavy atom. The van der Waals surface area contributed by atoms with E-state index < -0.39 is 42.0 Å². The van der Waals surface area contributed by atoms with Crippen LogP contribution < -0.4 is 33.6 Å². The van der Waals surface area contributed by atoms with Gasteiger partial charge in [-0.3, -0.25) is 29.2 Å². The Labute approximate surface area is 318 Å². The van der Waals surface area contributed by atoms with Gasteiger partial charge in [-0.05, 0) is 67.0 Å². The van der Waals surface area contributed by atoms with Gasteiger partial charge in [-0.2, -0.15) is 0 Å². The second-order valence-corrected chi connectivity index (χ2v) is 15.3. The maximum absolute atomic E-state index is 15.1. The van der Waals surface area contributed by atoms with Crippen LogP contribution in [0.3, 0.4) is 0 Å². The largest absolute Gasteiger partial charge is 0.480 e. The number of carbonyl (C=O) groups is 5.